The van der Waals surface area contributed by atoms with Crippen molar-refractivity contribution in [2.45, 2.75) is 31.2 Å². The lowest BCUT2D eigenvalue weighted by atomic mass is 10.0. The maximum absolute atomic E-state index is 13.2. The molecule has 1 aliphatic heterocycles. The fourth-order valence-electron chi connectivity index (χ4n) is 3.01. The van der Waals surface area contributed by atoms with Crippen LogP contribution < -0.4 is 10.0 Å². The number of carbonyl (C=O) groups is 1. The molecule has 1 aliphatic rings. The molecule has 28 heavy (non-hydrogen) atoms. The summed E-state index contributed by atoms with van der Waals surface area (Å²) in [6, 6.07) is 12.0. The van der Waals surface area contributed by atoms with Crippen molar-refractivity contribution >= 4 is 21.8 Å². The fraction of sp³-hybridized carbons (Fsp3) is 0.300. The second-order valence-electron chi connectivity index (χ2n) is 6.94. The standard InChI is InChI=1S/C20H22FN3O3S/c1-13(2)18(20(25)22-11-10-14-6-5-7-15(21)12-14)23-19-16-8-3-4-9-17(16)28(26,27)24-19/h3-9,12-13,18H,10-11H2,1-2H3,(H,22,25)(H,23,24). The normalized spacial score (nSPS) is 17.2. The van der Waals surface area contributed by atoms with Crippen LogP contribution >= 0.6 is 0 Å². The first kappa shape index (κ1) is 20.0. The number of hydrogen-bond donors (Lipinski definition) is 2. The average molecular weight is 403 g/mol. The van der Waals surface area contributed by atoms with Crippen LogP contribution in [0.15, 0.2) is 58.4 Å². The first-order valence-electron chi connectivity index (χ1n) is 9.00. The lowest BCUT2D eigenvalue weighted by molar-refractivity contribution is -0.123. The summed E-state index contributed by atoms with van der Waals surface area (Å²) < 4.78 is 40.1. The number of carbonyl (C=O) groups excluding carboxylic acids is 1. The lowest BCUT2D eigenvalue weighted by Gasteiger charge is -2.17. The summed E-state index contributed by atoms with van der Waals surface area (Å²) in [5.74, 6) is -0.585. The molecule has 0 saturated carbocycles. The Kier molecular flexibility index (Phi) is 5.79. The molecule has 0 bridgehead atoms. The van der Waals surface area contributed by atoms with Crippen LogP contribution in [0, 0.1) is 11.7 Å². The first-order chi connectivity index (χ1) is 13.3. The summed E-state index contributed by atoms with van der Waals surface area (Å²) in [4.78, 5) is 17.2. The number of sulfonamides is 1. The van der Waals surface area contributed by atoms with E-state index in [9.17, 15) is 17.6 Å². The molecule has 1 unspecified atom stereocenters. The van der Waals surface area contributed by atoms with Gasteiger partial charge in [0.15, 0.2) is 0 Å². The van der Waals surface area contributed by atoms with Crippen molar-refractivity contribution in [3.8, 4) is 0 Å². The van der Waals surface area contributed by atoms with Crippen LogP contribution in [0.2, 0.25) is 0 Å². The van der Waals surface area contributed by atoms with Crippen molar-refractivity contribution in [2.75, 3.05) is 6.54 Å². The van der Waals surface area contributed by atoms with Gasteiger partial charge in [0.05, 0.1) is 4.90 Å². The SMILES string of the molecule is CC(C)C(N=C1NS(=O)(=O)c2ccccc21)C(=O)NCCc1cccc(F)c1. The Balaban J connectivity index is 1.73. The Morgan fingerprint density at radius 1 is 1.18 bits per heavy atom. The van der Waals surface area contributed by atoms with E-state index in [1.807, 2.05) is 13.8 Å². The largest absolute Gasteiger partial charge is 0.354 e. The molecule has 1 amide bonds. The van der Waals surface area contributed by atoms with Crippen LogP contribution in [-0.2, 0) is 21.2 Å². The van der Waals surface area contributed by atoms with E-state index in [0.29, 0.717) is 18.5 Å². The topological polar surface area (TPSA) is 87.6 Å². The number of nitrogens with zero attached hydrogens (tertiary/aromatic N) is 1. The Morgan fingerprint density at radius 2 is 1.93 bits per heavy atom. The number of nitrogens with one attached hydrogen (secondary N) is 2. The van der Waals surface area contributed by atoms with Crippen molar-refractivity contribution in [1.82, 2.24) is 10.0 Å². The van der Waals surface area contributed by atoms with Gasteiger partial charge in [-0.05, 0) is 42.2 Å². The number of rotatable bonds is 6. The van der Waals surface area contributed by atoms with E-state index in [-0.39, 0.29) is 28.4 Å². The van der Waals surface area contributed by atoms with E-state index in [0.717, 1.165) is 5.56 Å². The Morgan fingerprint density at radius 3 is 2.64 bits per heavy atom. The monoisotopic (exact) mass is 403 g/mol. The molecule has 2 aromatic rings. The number of amidine groups is 1. The van der Waals surface area contributed by atoms with Gasteiger partial charge < -0.3 is 5.32 Å². The van der Waals surface area contributed by atoms with Crippen molar-refractivity contribution < 1.29 is 17.6 Å². The highest BCUT2D eigenvalue weighted by Gasteiger charge is 2.32. The zero-order valence-electron chi connectivity index (χ0n) is 15.6. The number of hydrogen-bond acceptors (Lipinski definition) is 4. The van der Waals surface area contributed by atoms with Crippen molar-refractivity contribution in [1.29, 1.82) is 0 Å². The van der Waals surface area contributed by atoms with E-state index < -0.39 is 16.1 Å². The molecule has 0 aromatic heterocycles. The molecule has 6 nitrogen and oxygen atoms in total. The Bertz CT molecular complexity index is 1020. The summed E-state index contributed by atoms with van der Waals surface area (Å²) in [5.41, 5.74) is 1.24. The van der Waals surface area contributed by atoms with Gasteiger partial charge in [-0.25, -0.2) is 12.8 Å². The zero-order valence-corrected chi connectivity index (χ0v) is 16.5. The van der Waals surface area contributed by atoms with Gasteiger partial charge in [-0.15, -0.1) is 0 Å². The van der Waals surface area contributed by atoms with E-state index in [4.69, 9.17) is 0 Å². The van der Waals surface area contributed by atoms with Gasteiger partial charge in [-0.3, -0.25) is 14.5 Å². The molecule has 148 valence electrons. The van der Waals surface area contributed by atoms with Crippen LogP contribution in [0.25, 0.3) is 0 Å². The zero-order chi connectivity index (χ0) is 20.3. The molecular formula is C20H22FN3O3S. The van der Waals surface area contributed by atoms with Crippen LogP contribution in [0.1, 0.15) is 25.0 Å². The average Bonchev–Trinajstić information content (AvgIpc) is 2.90. The molecule has 2 aromatic carbocycles. The fourth-order valence-corrected chi connectivity index (χ4v) is 4.25. The molecule has 0 fully saturated rings. The third kappa shape index (κ3) is 4.39. The molecule has 1 heterocycles. The van der Waals surface area contributed by atoms with Gasteiger partial charge in [0, 0.05) is 12.1 Å². The van der Waals surface area contributed by atoms with Crippen LogP contribution in [-0.4, -0.2) is 32.7 Å². The minimum atomic E-state index is -3.66. The van der Waals surface area contributed by atoms with E-state index in [1.165, 1.54) is 18.2 Å². The highest BCUT2D eigenvalue weighted by atomic mass is 32.2. The highest BCUT2D eigenvalue weighted by molar-refractivity contribution is 7.90. The maximum Gasteiger partial charge on any atom is 0.263 e. The minimum Gasteiger partial charge on any atom is -0.354 e. The number of aliphatic imine (C=N–C) groups is 1. The molecule has 8 heteroatoms. The molecular weight excluding hydrogens is 381 g/mol. The predicted octanol–water partition coefficient (Wildman–Crippen LogP) is 2.25. The van der Waals surface area contributed by atoms with E-state index >= 15 is 0 Å². The molecule has 0 radical (unpaired) electrons. The Labute approximate surface area is 163 Å². The summed E-state index contributed by atoms with van der Waals surface area (Å²) in [7, 11) is -3.66. The predicted molar refractivity (Wildman–Crippen MR) is 105 cm³/mol. The van der Waals surface area contributed by atoms with Crippen molar-refractivity contribution in [2.24, 2.45) is 10.9 Å². The third-order valence-electron chi connectivity index (χ3n) is 4.43. The summed E-state index contributed by atoms with van der Waals surface area (Å²) in [6.07, 6.45) is 0.486. The Hall–Kier alpha value is -2.74. The minimum absolute atomic E-state index is 0.140. The van der Waals surface area contributed by atoms with E-state index in [2.05, 4.69) is 15.0 Å². The number of fused-ring (bicyclic) bond motifs is 1. The summed E-state index contributed by atoms with van der Waals surface area (Å²) in [5, 5.41) is 2.80. The molecule has 2 N–H and O–H groups in total. The van der Waals surface area contributed by atoms with Crippen LogP contribution in [0.5, 0.6) is 0 Å². The molecule has 3 rings (SSSR count). The van der Waals surface area contributed by atoms with Gasteiger partial charge in [0.1, 0.15) is 17.7 Å². The molecule has 0 spiro atoms. The number of benzene rings is 2. The third-order valence-corrected chi connectivity index (χ3v) is 5.83. The first-order valence-corrected chi connectivity index (χ1v) is 10.5. The van der Waals surface area contributed by atoms with Crippen molar-refractivity contribution in [3.63, 3.8) is 0 Å². The second kappa shape index (κ2) is 8.10. The lowest BCUT2D eigenvalue weighted by Crippen LogP contribution is -2.39. The van der Waals surface area contributed by atoms with Crippen LogP contribution in [0.4, 0.5) is 4.39 Å². The summed E-state index contributed by atoms with van der Waals surface area (Å²) in [6.45, 7) is 4.02. The van der Waals surface area contributed by atoms with Crippen LogP contribution in [0.3, 0.4) is 0 Å². The van der Waals surface area contributed by atoms with Gasteiger partial charge in [-0.2, -0.15) is 0 Å². The smallest absolute Gasteiger partial charge is 0.263 e. The molecule has 0 aliphatic carbocycles. The second-order valence-corrected chi connectivity index (χ2v) is 8.59. The van der Waals surface area contributed by atoms with E-state index in [1.54, 1.807) is 30.3 Å². The van der Waals surface area contributed by atoms with Gasteiger partial charge in [0.25, 0.3) is 10.0 Å². The number of amides is 1. The molecule has 0 saturated heterocycles. The summed E-state index contributed by atoms with van der Waals surface area (Å²) >= 11 is 0. The van der Waals surface area contributed by atoms with Gasteiger partial charge in [-0.1, -0.05) is 38.1 Å². The quantitative estimate of drug-likeness (QED) is 0.776. The molecule has 1 atom stereocenters. The highest BCUT2D eigenvalue weighted by Crippen LogP contribution is 2.23. The van der Waals surface area contributed by atoms with Gasteiger partial charge >= 0.3 is 0 Å². The van der Waals surface area contributed by atoms with Gasteiger partial charge in [0.2, 0.25) is 5.91 Å². The number of halogens is 1. The maximum atomic E-state index is 13.2. The van der Waals surface area contributed by atoms with Crippen molar-refractivity contribution in [3.05, 3.63) is 65.5 Å².